The van der Waals surface area contributed by atoms with Gasteiger partial charge in [-0.3, -0.25) is 0 Å². The molecule has 1 aliphatic heterocycles. The third kappa shape index (κ3) is 2.82. The van der Waals surface area contributed by atoms with Crippen molar-refractivity contribution in [2.24, 2.45) is 0 Å². The zero-order chi connectivity index (χ0) is 7.40. The molecular weight excluding hydrogens is 194 g/mol. The fourth-order valence-electron chi connectivity index (χ4n) is 0.979. The minimum atomic E-state index is 0.397. The highest BCUT2D eigenvalue weighted by Crippen LogP contribution is 2.07. The fraction of sp³-hybridized carbons (Fsp3) is 0.714. The van der Waals surface area contributed by atoms with Gasteiger partial charge in [0, 0.05) is 11.0 Å². The van der Waals surface area contributed by atoms with Gasteiger partial charge in [0.05, 0.1) is 12.7 Å². The molecule has 1 unspecified atom stereocenters. The van der Waals surface area contributed by atoms with Gasteiger partial charge in [0.15, 0.2) is 0 Å². The third-order valence-corrected chi connectivity index (χ3v) is 1.72. The Morgan fingerprint density at radius 1 is 1.80 bits per heavy atom. The minimum Gasteiger partial charge on any atom is -0.372 e. The van der Waals surface area contributed by atoms with Gasteiger partial charge in [0.1, 0.15) is 0 Å². The van der Waals surface area contributed by atoms with Crippen molar-refractivity contribution in [3.05, 3.63) is 11.1 Å². The first-order valence-electron chi connectivity index (χ1n) is 3.44. The smallest absolute Gasteiger partial charge is 0.0780 e. The van der Waals surface area contributed by atoms with Crippen LogP contribution in [0.3, 0.4) is 0 Å². The summed E-state index contributed by atoms with van der Waals surface area (Å²) in [5.41, 5.74) is 0. The molecule has 1 rings (SSSR count). The van der Waals surface area contributed by atoms with E-state index in [9.17, 15) is 0 Å². The molecule has 3 heteroatoms. The molecule has 1 N–H and O–H groups in total. The van der Waals surface area contributed by atoms with E-state index in [1.165, 1.54) is 0 Å². The molecule has 1 fully saturated rings. The van der Waals surface area contributed by atoms with Crippen LogP contribution in [0.4, 0.5) is 0 Å². The molecular formula is C7H12BrNO. The van der Waals surface area contributed by atoms with Crippen molar-refractivity contribution in [3.8, 4) is 0 Å². The Balaban J connectivity index is 2.07. The molecule has 1 atom stereocenters. The zero-order valence-corrected chi connectivity index (χ0v) is 7.49. The molecule has 0 spiro atoms. The molecule has 0 bridgehead atoms. The quantitative estimate of drug-likeness (QED) is 0.750. The summed E-state index contributed by atoms with van der Waals surface area (Å²) in [4.78, 5) is 0. The van der Waals surface area contributed by atoms with Gasteiger partial charge in [-0.2, -0.15) is 0 Å². The van der Waals surface area contributed by atoms with Gasteiger partial charge in [-0.1, -0.05) is 22.5 Å². The van der Waals surface area contributed by atoms with Gasteiger partial charge in [-0.25, -0.2) is 0 Å². The zero-order valence-electron chi connectivity index (χ0n) is 5.90. The lowest BCUT2D eigenvalue weighted by molar-refractivity contribution is 0.0884. The van der Waals surface area contributed by atoms with Crippen LogP contribution in [0.5, 0.6) is 0 Å². The van der Waals surface area contributed by atoms with E-state index in [2.05, 4.69) is 27.8 Å². The second kappa shape index (κ2) is 4.11. The average Bonchev–Trinajstić information content (AvgIpc) is 2.34. The lowest BCUT2D eigenvalue weighted by Crippen LogP contribution is -2.17. The summed E-state index contributed by atoms with van der Waals surface area (Å²) in [5.74, 6) is 0. The summed E-state index contributed by atoms with van der Waals surface area (Å²) in [6, 6.07) is 0. The summed E-state index contributed by atoms with van der Waals surface area (Å²) in [6.45, 7) is 6.39. The highest BCUT2D eigenvalue weighted by molar-refractivity contribution is 9.11. The Kier molecular flexibility index (Phi) is 3.39. The summed E-state index contributed by atoms with van der Waals surface area (Å²) >= 11 is 3.24. The van der Waals surface area contributed by atoms with Crippen LogP contribution in [0.25, 0.3) is 0 Å². The van der Waals surface area contributed by atoms with E-state index in [-0.39, 0.29) is 0 Å². The summed E-state index contributed by atoms with van der Waals surface area (Å²) < 4.78 is 6.37. The summed E-state index contributed by atoms with van der Waals surface area (Å²) in [5, 5.41) is 3.23. The Morgan fingerprint density at radius 2 is 2.60 bits per heavy atom. The summed E-state index contributed by atoms with van der Waals surface area (Å²) in [6.07, 6.45) is 1.52. The van der Waals surface area contributed by atoms with Crippen molar-refractivity contribution in [1.82, 2.24) is 5.32 Å². The largest absolute Gasteiger partial charge is 0.372 e. The molecule has 0 aromatic carbocycles. The van der Waals surface area contributed by atoms with Crippen LogP contribution >= 0.6 is 15.9 Å². The molecule has 1 aliphatic rings. The van der Waals surface area contributed by atoms with Crippen molar-refractivity contribution in [3.63, 3.8) is 0 Å². The lowest BCUT2D eigenvalue weighted by Gasteiger charge is -2.08. The minimum absolute atomic E-state index is 0.397. The Labute approximate surface area is 69.8 Å². The van der Waals surface area contributed by atoms with Crippen LogP contribution in [-0.2, 0) is 4.74 Å². The van der Waals surface area contributed by atoms with E-state index in [4.69, 9.17) is 4.74 Å². The first-order valence-corrected chi connectivity index (χ1v) is 4.24. The van der Waals surface area contributed by atoms with Crippen molar-refractivity contribution >= 4 is 15.9 Å². The predicted octanol–water partition coefficient (Wildman–Crippen LogP) is 1.27. The van der Waals surface area contributed by atoms with E-state index in [0.29, 0.717) is 12.7 Å². The van der Waals surface area contributed by atoms with E-state index >= 15 is 0 Å². The van der Waals surface area contributed by atoms with Crippen LogP contribution in [0.2, 0.25) is 0 Å². The average molecular weight is 206 g/mol. The molecule has 0 aromatic rings. The highest BCUT2D eigenvalue weighted by Gasteiger charge is 2.13. The Morgan fingerprint density at radius 3 is 3.10 bits per heavy atom. The van der Waals surface area contributed by atoms with E-state index in [1.54, 1.807) is 0 Å². The molecule has 0 saturated carbocycles. The third-order valence-electron chi connectivity index (χ3n) is 1.49. The van der Waals surface area contributed by atoms with Crippen molar-refractivity contribution < 1.29 is 4.74 Å². The molecule has 0 aromatic heterocycles. The van der Waals surface area contributed by atoms with Crippen molar-refractivity contribution in [2.45, 2.75) is 12.5 Å². The van der Waals surface area contributed by atoms with E-state index in [0.717, 1.165) is 24.0 Å². The maximum atomic E-state index is 5.46. The molecule has 0 aliphatic carbocycles. The van der Waals surface area contributed by atoms with Crippen LogP contribution in [-0.4, -0.2) is 25.8 Å². The second-order valence-electron chi connectivity index (χ2n) is 2.44. The van der Waals surface area contributed by atoms with Crippen molar-refractivity contribution in [2.75, 3.05) is 19.7 Å². The van der Waals surface area contributed by atoms with Crippen LogP contribution in [0, 0.1) is 0 Å². The van der Waals surface area contributed by atoms with Gasteiger partial charge in [-0.05, 0) is 13.0 Å². The molecule has 58 valence electrons. The van der Waals surface area contributed by atoms with Crippen molar-refractivity contribution in [1.29, 1.82) is 0 Å². The van der Waals surface area contributed by atoms with Gasteiger partial charge in [0.25, 0.3) is 0 Å². The van der Waals surface area contributed by atoms with Crippen LogP contribution in [0.15, 0.2) is 11.1 Å². The monoisotopic (exact) mass is 205 g/mol. The normalized spacial score (nSPS) is 25.1. The van der Waals surface area contributed by atoms with Crippen LogP contribution < -0.4 is 5.32 Å². The SMILES string of the molecule is C=C(Br)COC1CCNC1. The molecule has 0 amide bonds. The lowest BCUT2D eigenvalue weighted by atomic mass is 10.3. The fourth-order valence-corrected chi connectivity index (χ4v) is 1.11. The van der Waals surface area contributed by atoms with E-state index < -0.39 is 0 Å². The first kappa shape index (κ1) is 8.24. The molecule has 2 nitrogen and oxygen atoms in total. The molecule has 0 radical (unpaired) electrons. The topological polar surface area (TPSA) is 21.3 Å². The molecule has 1 saturated heterocycles. The number of halogens is 1. The van der Waals surface area contributed by atoms with Gasteiger partial charge in [0.2, 0.25) is 0 Å². The second-order valence-corrected chi connectivity index (χ2v) is 3.56. The van der Waals surface area contributed by atoms with E-state index in [1.807, 2.05) is 0 Å². The number of nitrogens with one attached hydrogen (secondary N) is 1. The Hall–Kier alpha value is 0.140. The summed E-state index contributed by atoms with van der Waals surface area (Å²) in [7, 11) is 0. The maximum Gasteiger partial charge on any atom is 0.0780 e. The Bertz CT molecular complexity index is 121. The number of rotatable bonds is 3. The first-order chi connectivity index (χ1) is 4.79. The predicted molar refractivity (Wildman–Crippen MR) is 45.3 cm³/mol. The molecule has 1 heterocycles. The molecule has 10 heavy (non-hydrogen) atoms. The van der Waals surface area contributed by atoms with Crippen LogP contribution in [0.1, 0.15) is 6.42 Å². The maximum absolute atomic E-state index is 5.46. The van der Waals surface area contributed by atoms with Gasteiger partial charge >= 0.3 is 0 Å². The number of hydrogen-bond acceptors (Lipinski definition) is 2. The standard InChI is InChI=1S/C7H12BrNO/c1-6(8)5-10-7-2-3-9-4-7/h7,9H,1-5H2. The number of hydrogen-bond donors (Lipinski definition) is 1. The highest BCUT2D eigenvalue weighted by atomic mass is 79.9. The van der Waals surface area contributed by atoms with Gasteiger partial charge in [-0.15, -0.1) is 0 Å². The van der Waals surface area contributed by atoms with Gasteiger partial charge < -0.3 is 10.1 Å². The number of ether oxygens (including phenoxy) is 1.